The van der Waals surface area contributed by atoms with Crippen LogP contribution in [0.2, 0.25) is 0 Å². The maximum Gasteiger partial charge on any atom is 0.512 e. The van der Waals surface area contributed by atoms with E-state index in [1.807, 2.05) is 0 Å². The van der Waals surface area contributed by atoms with Gasteiger partial charge in [-0.3, -0.25) is 0 Å². The van der Waals surface area contributed by atoms with E-state index in [4.69, 9.17) is 0 Å². The van der Waals surface area contributed by atoms with Gasteiger partial charge < -0.3 is 10.1 Å². The Morgan fingerprint density at radius 3 is 3.00 bits per heavy atom. The second kappa shape index (κ2) is 2.15. The fraction of sp³-hybridized carbons (Fsp3) is 0. The minimum absolute atomic E-state index is 0.126. The van der Waals surface area contributed by atoms with Crippen molar-refractivity contribution in [2.24, 2.45) is 0 Å². The van der Waals surface area contributed by atoms with Crippen LogP contribution in [0.1, 0.15) is 0 Å². The summed E-state index contributed by atoms with van der Waals surface area (Å²) in [6, 6.07) is 0. The maximum absolute atomic E-state index is 10.2. The molecular formula is C3HN7O2. The molecule has 0 unspecified atom stereocenters. The van der Waals surface area contributed by atoms with E-state index in [-0.39, 0.29) is 5.78 Å². The van der Waals surface area contributed by atoms with Gasteiger partial charge in [-0.25, -0.2) is 0 Å². The zero-order valence-corrected chi connectivity index (χ0v) is 5.52. The summed E-state index contributed by atoms with van der Waals surface area (Å²) in [6.45, 7) is 0. The molecule has 0 aliphatic heterocycles. The number of rotatable bonds is 1. The van der Waals surface area contributed by atoms with Crippen LogP contribution < -0.4 is 0 Å². The summed E-state index contributed by atoms with van der Waals surface area (Å²) in [5.74, 6) is -0.456. The molecule has 0 aromatic carbocycles. The Balaban J connectivity index is 2.68. The highest BCUT2D eigenvalue weighted by molar-refractivity contribution is 5.20. The second-order valence-corrected chi connectivity index (χ2v) is 1.83. The van der Waals surface area contributed by atoms with Gasteiger partial charge in [0, 0.05) is 5.10 Å². The number of hydrogen-bond donors (Lipinski definition) is 0. The van der Waals surface area contributed by atoms with Crippen LogP contribution in [0.15, 0.2) is 6.33 Å². The van der Waals surface area contributed by atoms with Crippen LogP contribution in [-0.2, 0) is 0 Å². The molecule has 2 heterocycles. The molecule has 0 spiro atoms. The lowest BCUT2D eigenvalue weighted by molar-refractivity contribution is -0.395. The van der Waals surface area contributed by atoms with Gasteiger partial charge in [-0.2, -0.15) is 0 Å². The lowest BCUT2D eigenvalue weighted by Gasteiger charge is -1.87. The van der Waals surface area contributed by atoms with Crippen molar-refractivity contribution in [2.75, 3.05) is 0 Å². The Hall–Kier alpha value is -2.19. The summed E-state index contributed by atoms with van der Waals surface area (Å²) in [4.78, 5) is 9.41. The van der Waals surface area contributed by atoms with E-state index in [0.29, 0.717) is 0 Å². The van der Waals surface area contributed by atoms with Gasteiger partial charge in [-0.05, 0) is 10.0 Å². The number of fused-ring (bicyclic) bond motifs is 1. The van der Waals surface area contributed by atoms with Gasteiger partial charge in [-0.1, -0.05) is 0 Å². The molecule has 0 aliphatic rings. The molecule has 60 valence electrons. The molecule has 9 nitrogen and oxygen atoms in total. The van der Waals surface area contributed by atoms with E-state index in [9.17, 15) is 10.1 Å². The molecule has 2 aromatic rings. The van der Waals surface area contributed by atoms with Crippen LogP contribution >= 0.6 is 0 Å². The van der Waals surface area contributed by atoms with Crippen molar-refractivity contribution in [2.45, 2.75) is 0 Å². The number of aromatic nitrogens is 6. The lowest BCUT2D eigenvalue weighted by Crippen LogP contribution is -2.03. The Labute approximate surface area is 64.2 Å². The van der Waals surface area contributed by atoms with Crippen molar-refractivity contribution >= 4 is 11.7 Å². The van der Waals surface area contributed by atoms with Gasteiger partial charge in [0.15, 0.2) is 6.33 Å². The smallest absolute Gasteiger partial charge is 0.390 e. The van der Waals surface area contributed by atoms with Gasteiger partial charge in [0.25, 0.3) is 0 Å². The van der Waals surface area contributed by atoms with Crippen molar-refractivity contribution < 1.29 is 4.92 Å². The summed E-state index contributed by atoms with van der Waals surface area (Å²) in [5.41, 5.74) is 0. The number of hydrogen-bond acceptors (Lipinski definition) is 7. The summed E-state index contributed by atoms with van der Waals surface area (Å²) in [6.07, 6.45) is 1.21. The van der Waals surface area contributed by atoms with Gasteiger partial charge in [-0.15, -0.1) is 14.7 Å². The van der Waals surface area contributed by atoms with Crippen LogP contribution in [-0.4, -0.2) is 34.9 Å². The SMILES string of the molecule is O=[N+]([O-])c1nnc2nncn2n1. The minimum Gasteiger partial charge on any atom is -0.390 e. The van der Waals surface area contributed by atoms with E-state index in [0.717, 1.165) is 4.52 Å². The normalized spacial score (nSPS) is 10.3. The van der Waals surface area contributed by atoms with Crippen molar-refractivity contribution in [1.82, 2.24) is 30.0 Å². The van der Waals surface area contributed by atoms with Gasteiger partial charge in [0.1, 0.15) is 0 Å². The Bertz CT molecular complexity index is 435. The van der Waals surface area contributed by atoms with Crippen LogP contribution in [0, 0.1) is 10.1 Å². The lowest BCUT2D eigenvalue weighted by atomic mass is 11.0. The molecule has 0 bridgehead atoms. The average molecular weight is 167 g/mol. The highest BCUT2D eigenvalue weighted by Gasteiger charge is 2.13. The van der Waals surface area contributed by atoms with Crippen LogP contribution in [0.3, 0.4) is 0 Å². The van der Waals surface area contributed by atoms with E-state index in [2.05, 4.69) is 25.5 Å². The molecule has 0 aliphatic carbocycles. The summed E-state index contributed by atoms with van der Waals surface area (Å²) in [5, 5.41) is 27.1. The Morgan fingerprint density at radius 2 is 2.25 bits per heavy atom. The first kappa shape index (κ1) is 6.52. The van der Waals surface area contributed by atoms with Crippen LogP contribution in [0.25, 0.3) is 5.78 Å². The van der Waals surface area contributed by atoms with Crippen molar-refractivity contribution in [3.05, 3.63) is 16.4 Å². The molecule has 0 saturated heterocycles. The molecule has 0 amide bonds. The first-order chi connectivity index (χ1) is 5.77. The fourth-order valence-corrected chi connectivity index (χ4v) is 0.639. The van der Waals surface area contributed by atoms with E-state index >= 15 is 0 Å². The standard InChI is InChI=1S/C3HN7O2/c11-10(12)3-7-6-2-5-4-1-9(2)8-3/h1H. The zero-order chi connectivity index (χ0) is 8.55. The van der Waals surface area contributed by atoms with Gasteiger partial charge in [0.05, 0.1) is 5.10 Å². The third-order valence-electron chi connectivity index (χ3n) is 1.10. The molecule has 9 heteroatoms. The first-order valence-corrected chi connectivity index (χ1v) is 2.82. The fourth-order valence-electron chi connectivity index (χ4n) is 0.639. The highest BCUT2D eigenvalue weighted by atomic mass is 16.6. The average Bonchev–Trinajstić information content (AvgIpc) is 2.49. The molecule has 0 fully saturated rings. The highest BCUT2D eigenvalue weighted by Crippen LogP contribution is 1.97. The molecular weight excluding hydrogens is 166 g/mol. The molecule has 2 aromatic heterocycles. The van der Waals surface area contributed by atoms with E-state index in [1.165, 1.54) is 6.33 Å². The zero-order valence-electron chi connectivity index (χ0n) is 5.52. The summed E-state index contributed by atoms with van der Waals surface area (Å²) >= 11 is 0. The summed E-state index contributed by atoms with van der Waals surface area (Å²) in [7, 11) is 0. The quantitative estimate of drug-likeness (QED) is 0.388. The molecule has 0 saturated carbocycles. The summed E-state index contributed by atoms with van der Waals surface area (Å²) < 4.78 is 1.07. The monoisotopic (exact) mass is 167 g/mol. The van der Waals surface area contributed by atoms with Gasteiger partial charge >= 0.3 is 11.7 Å². The predicted molar refractivity (Wildman–Crippen MR) is 33.0 cm³/mol. The third-order valence-corrected chi connectivity index (χ3v) is 1.10. The number of nitrogens with zero attached hydrogens (tertiary/aromatic N) is 7. The Morgan fingerprint density at radius 1 is 1.42 bits per heavy atom. The molecule has 0 radical (unpaired) electrons. The minimum atomic E-state index is -0.744. The number of nitro groups is 1. The molecule has 0 N–H and O–H groups in total. The van der Waals surface area contributed by atoms with Crippen LogP contribution in [0.4, 0.5) is 5.95 Å². The Kier molecular flexibility index (Phi) is 1.17. The van der Waals surface area contributed by atoms with Gasteiger partial charge in [0.2, 0.25) is 0 Å². The van der Waals surface area contributed by atoms with E-state index in [1.54, 1.807) is 0 Å². The molecule has 12 heavy (non-hydrogen) atoms. The van der Waals surface area contributed by atoms with E-state index < -0.39 is 10.9 Å². The second-order valence-electron chi connectivity index (χ2n) is 1.83. The molecule has 0 atom stereocenters. The molecule has 2 rings (SSSR count). The van der Waals surface area contributed by atoms with Crippen molar-refractivity contribution in [3.63, 3.8) is 0 Å². The predicted octanol–water partition coefficient (Wildman–Crippen LogP) is -1.18. The topological polar surface area (TPSA) is 112 Å². The van der Waals surface area contributed by atoms with Crippen molar-refractivity contribution in [3.8, 4) is 0 Å². The van der Waals surface area contributed by atoms with Crippen LogP contribution in [0.5, 0.6) is 0 Å². The maximum atomic E-state index is 10.2. The first-order valence-electron chi connectivity index (χ1n) is 2.82. The van der Waals surface area contributed by atoms with Crippen molar-refractivity contribution in [1.29, 1.82) is 0 Å². The largest absolute Gasteiger partial charge is 0.512 e. The third kappa shape index (κ3) is 0.836.